The van der Waals surface area contributed by atoms with Crippen LogP contribution in [0.25, 0.3) is 0 Å². The van der Waals surface area contributed by atoms with Crippen molar-refractivity contribution in [2.45, 2.75) is 56.8 Å². The van der Waals surface area contributed by atoms with Crippen molar-refractivity contribution in [2.75, 3.05) is 24.6 Å². The number of ether oxygens (including phenoxy) is 1. The van der Waals surface area contributed by atoms with Crippen molar-refractivity contribution in [2.24, 2.45) is 0 Å². The van der Waals surface area contributed by atoms with Gasteiger partial charge < -0.3 is 9.64 Å². The summed E-state index contributed by atoms with van der Waals surface area (Å²) in [6, 6.07) is 1.22. The van der Waals surface area contributed by atoms with Gasteiger partial charge in [-0.1, -0.05) is 0 Å². The number of anilines is 1. The predicted molar refractivity (Wildman–Crippen MR) is 99.2 cm³/mol. The molecule has 6 nitrogen and oxygen atoms in total. The normalized spacial score (nSPS) is 32.6. The van der Waals surface area contributed by atoms with E-state index in [2.05, 4.69) is 30.4 Å². The maximum atomic E-state index is 6.40. The first kappa shape index (κ1) is 16.1. The van der Waals surface area contributed by atoms with E-state index in [-0.39, 0.29) is 5.60 Å². The fourth-order valence-corrected chi connectivity index (χ4v) is 6.23. The zero-order valence-electron chi connectivity index (χ0n) is 14.4. The number of fused-ring (bicyclic) bond motifs is 2. The van der Waals surface area contributed by atoms with Gasteiger partial charge in [0.25, 0.3) is 0 Å². The molecule has 0 aliphatic carbocycles. The first-order valence-electron chi connectivity index (χ1n) is 9.04. The third-order valence-electron chi connectivity index (χ3n) is 5.81. The lowest BCUT2D eigenvalue weighted by atomic mass is 9.84. The molecule has 2 aromatic rings. The Kier molecular flexibility index (Phi) is 4.04. The second-order valence-electron chi connectivity index (χ2n) is 7.45. The van der Waals surface area contributed by atoms with Crippen molar-refractivity contribution in [1.82, 2.24) is 20.1 Å². The molecular weight excluding hydrogens is 354 g/mol. The van der Waals surface area contributed by atoms with Crippen molar-refractivity contribution in [3.63, 3.8) is 0 Å². The Morgan fingerprint density at radius 3 is 2.80 bits per heavy atom. The summed E-state index contributed by atoms with van der Waals surface area (Å²) in [7, 11) is 0. The van der Waals surface area contributed by atoms with Crippen LogP contribution in [0.5, 0.6) is 0 Å². The molecule has 3 saturated heterocycles. The van der Waals surface area contributed by atoms with Crippen LogP contribution in [0.1, 0.15) is 35.7 Å². The van der Waals surface area contributed by atoms with Gasteiger partial charge in [0.1, 0.15) is 10.0 Å². The molecule has 3 atom stereocenters. The molecule has 5 rings (SSSR count). The van der Waals surface area contributed by atoms with Gasteiger partial charge in [-0.05, 0) is 32.6 Å². The van der Waals surface area contributed by atoms with Gasteiger partial charge in [-0.25, -0.2) is 4.98 Å². The smallest absolute Gasteiger partial charge is 0.185 e. The van der Waals surface area contributed by atoms with Crippen molar-refractivity contribution < 1.29 is 4.74 Å². The Hall–Kier alpha value is -1.09. The summed E-state index contributed by atoms with van der Waals surface area (Å²) >= 11 is 3.46. The summed E-state index contributed by atoms with van der Waals surface area (Å²) in [4.78, 5) is 9.60. The number of piperidine rings is 1. The second kappa shape index (κ2) is 6.26. The van der Waals surface area contributed by atoms with Gasteiger partial charge in [0, 0.05) is 36.8 Å². The third-order valence-corrected chi connectivity index (χ3v) is 7.47. The van der Waals surface area contributed by atoms with Crippen LogP contribution >= 0.6 is 22.7 Å². The van der Waals surface area contributed by atoms with Gasteiger partial charge in [0.2, 0.25) is 0 Å². The molecule has 8 heteroatoms. The van der Waals surface area contributed by atoms with Gasteiger partial charge in [0.15, 0.2) is 5.13 Å². The molecule has 5 heterocycles. The van der Waals surface area contributed by atoms with Crippen LogP contribution in [-0.2, 0) is 11.3 Å². The Balaban J connectivity index is 1.32. The molecule has 0 N–H and O–H groups in total. The second-order valence-corrected chi connectivity index (χ2v) is 9.59. The fourth-order valence-electron chi connectivity index (χ4n) is 4.84. The van der Waals surface area contributed by atoms with Gasteiger partial charge in [0.05, 0.1) is 18.8 Å². The number of hydrogen-bond acceptors (Lipinski definition) is 8. The molecule has 2 bridgehead atoms. The van der Waals surface area contributed by atoms with Gasteiger partial charge in [-0.2, -0.15) is 0 Å². The molecule has 0 saturated carbocycles. The molecule has 0 aromatic carbocycles. The Morgan fingerprint density at radius 2 is 2.12 bits per heavy atom. The number of thiazole rings is 1. The average molecular weight is 378 g/mol. The SMILES string of the molecule is Cc1nnc(CN2[C@@H]3CC[C@H]2CC2(C3)CN(c3nccs3)CCO2)s1. The number of aryl methyl sites for hydroxylation is 1. The van der Waals surface area contributed by atoms with Crippen LogP contribution in [0.4, 0.5) is 5.13 Å². The van der Waals surface area contributed by atoms with Gasteiger partial charge in [-0.15, -0.1) is 32.9 Å². The van der Waals surface area contributed by atoms with Crippen LogP contribution in [0, 0.1) is 6.92 Å². The van der Waals surface area contributed by atoms with E-state index < -0.39 is 0 Å². The molecule has 0 amide bonds. The maximum absolute atomic E-state index is 6.40. The molecular formula is C17H23N5OS2. The van der Waals surface area contributed by atoms with Crippen molar-refractivity contribution in [3.8, 4) is 0 Å². The number of hydrogen-bond donors (Lipinski definition) is 0. The van der Waals surface area contributed by atoms with E-state index in [0.29, 0.717) is 12.1 Å². The molecule has 1 spiro atoms. The van der Waals surface area contributed by atoms with E-state index in [1.165, 1.54) is 12.8 Å². The topological polar surface area (TPSA) is 54.4 Å². The average Bonchev–Trinajstić information content (AvgIpc) is 3.31. The highest BCUT2D eigenvalue weighted by atomic mass is 32.1. The predicted octanol–water partition coefficient (Wildman–Crippen LogP) is 2.71. The number of aromatic nitrogens is 3. The van der Waals surface area contributed by atoms with E-state index in [0.717, 1.165) is 54.2 Å². The van der Waals surface area contributed by atoms with Crippen LogP contribution < -0.4 is 4.90 Å². The Morgan fingerprint density at radius 1 is 1.28 bits per heavy atom. The largest absolute Gasteiger partial charge is 0.371 e. The minimum absolute atomic E-state index is 0.00327. The van der Waals surface area contributed by atoms with Crippen LogP contribution in [0.3, 0.4) is 0 Å². The number of morpholine rings is 1. The lowest BCUT2D eigenvalue weighted by Crippen LogP contribution is -2.60. The van der Waals surface area contributed by atoms with E-state index in [1.807, 2.05) is 13.1 Å². The monoisotopic (exact) mass is 377 g/mol. The Labute approximate surface area is 155 Å². The summed E-state index contributed by atoms with van der Waals surface area (Å²) in [6.45, 7) is 5.74. The van der Waals surface area contributed by atoms with Gasteiger partial charge >= 0.3 is 0 Å². The summed E-state index contributed by atoms with van der Waals surface area (Å²) in [5.41, 5.74) is 0.00327. The minimum Gasteiger partial charge on any atom is -0.371 e. The first-order chi connectivity index (χ1) is 12.2. The maximum Gasteiger partial charge on any atom is 0.185 e. The van der Waals surface area contributed by atoms with E-state index in [1.54, 1.807) is 22.7 Å². The molecule has 3 aliphatic rings. The quantitative estimate of drug-likeness (QED) is 0.820. The lowest BCUT2D eigenvalue weighted by molar-refractivity contribution is -0.112. The van der Waals surface area contributed by atoms with E-state index in [9.17, 15) is 0 Å². The van der Waals surface area contributed by atoms with Crippen molar-refractivity contribution >= 4 is 27.8 Å². The fraction of sp³-hybridized carbons (Fsp3) is 0.706. The third kappa shape index (κ3) is 2.99. The highest BCUT2D eigenvalue weighted by molar-refractivity contribution is 7.13. The number of nitrogens with zero attached hydrogens (tertiary/aromatic N) is 5. The molecule has 3 aliphatic heterocycles. The zero-order chi connectivity index (χ0) is 16.9. The molecule has 0 radical (unpaired) electrons. The summed E-state index contributed by atoms with van der Waals surface area (Å²) < 4.78 is 6.40. The van der Waals surface area contributed by atoms with E-state index >= 15 is 0 Å². The molecule has 25 heavy (non-hydrogen) atoms. The number of rotatable bonds is 3. The van der Waals surface area contributed by atoms with Crippen molar-refractivity contribution in [3.05, 3.63) is 21.6 Å². The standard InChI is InChI=1S/C17H23N5OS2/c1-12-19-20-15(25-12)10-22-13-2-3-14(22)9-17(8-13)11-21(5-6-23-17)16-18-4-7-24-16/h4,7,13-14H,2-3,5-6,8-11H2,1H3/t13-,14+,17?. The van der Waals surface area contributed by atoms with Crippen molar-refractivity contribution in [1.29, 1.82) is 0 Å². The van der Waals surface area contributed by atoms with E-state index in [4.69, 9.17) is 4.74 Å². The summed E-state index contributed by atoms with van der Waals surface area (Å²) in [5.74, 6) is 0. The zero-order valence-corrected chi connectivity index (χ0v) is 16.1. The highest BCUT2D eigenvalue weighted by Crippen LogP contribution is 2.45. The molecule has 134 valence electrons. The highest BCUT2D eigenvalue weighted by Gasteiger charge is 2.51. The minimum atomic E-state index is 0.00327. The summed E-state index contributed by atoms with van der Waals surface area (Å²) in [5, 5.41) is 13.9. The van der Waals surface area contributed by atoms with Crippen LogP contribution in [0.15, 0.2) is 11.6 Å². The molecule has 3 fully saturated rings. The summed E-state index contributed by atoms with van der Waals surface area (Å²) in [6.07, 6.45) is 6.72. The lowest BCUT2D eigenvalue weighted by Gasteiger charge is -2.50. The molecule has 1 unspecified atom stereocenters. The first-order valence-corrected chi connectivity index (χ1v) is 10.7. The Bertz CT molecular complexity index is 719. The van der Waals surface area contributed by atoms with Crippen LogP contribution in [0.2, 0.25) is 0 Å². The van der Waals surface area contributed by atoms with Gasteiger partial charge in [-0.3, -0.25) is 4.90 Å². The van der Waals surface area contributed by atoms with Crippen LogP contribution in [-0.4, -0.2) is 57.5 Å². The molecule has 2 aromatic heterocycles.